The molecule has 3 rings (SSSR count). The monoisotopic (exact) mass is 318 g/mol. The zero-order valence-corrected chi connectivity index (χ0v) is 14.4. The van der Waals surface area contributed by atoms with Crippen LogP contribution in [-0.4, -0.2) is 46.5 Å². The first-order chi connectivity index (χ1) is 10.7. The van der Waals surface area contributed by atoms with Crippen molar-refractivity contribution in [3.63, 3.8) is 0 Å². The summed E-state index contributed by atoms with van der Waals surface area (Å²) in [4.78, 5) is 10.5. The van der Waals surface area contributed by atoms with Gasteiger partial charge in [-0.15, -0.1) is 11.3 Å². The van der Waals surface area contributed by atoms with Crippen molar-refractivity contribution in [2.45, 2.75) is 32.5 Å². The minimum absolute atomic E-state index is 0.804. The number of likely N-dealkylation sites (tertiary alicyclic amines) is 1. The number of rotatable bonds is 6. The third-order valence-electron chi connectivity index (χ3n) is 4.32. The summed E-state index contributed by atoms with van der Waals surface area (Å²) in [6, 6.07) is 2.38. The maximum atomic E-state index is 4.13. The Labute approximate surface area is 137 Å². The molecule has 4 nitrogen and oxygen atoms in total. The van der Waals surface area contributed by atoms with E-state index >= 15 is 0 Å². The van der Waals surface area contributed by atoms with E-state index in [-0.39, 0.29) is 0 Å². The average molecular weight is 318 g/mol. The molecule has 5 heteroatoms. The molecule has 1 fully saturated rings. The van der Waals surface area contributed by atoms with Crippen LogP contribution in [-0.2, 0) is 19.6 Å². The van der Waals surface area contributed by atoms with Crippen LogP contribution in [0.15, 0.2) is 30.2 Å². The first kappa shape index (κ1) is 15.7. The molecule has 120 valence electrons. The number of hydrogen-bond donors (Lipinski definition) is 0. The molecule has 1 aliphatic heterocycles. The summed E-state index contributed by atoms with van der Waals surface area (Å²) in [5.74, 6) is 0.804. The molecule has 0 atom stereocenters. The first-order valence-corrected chi connectivity index (χ1v) is 8.96. The lowest BCUT2D eigenvalue weighted by Crippen LogP contribution is -2.34. The molecular formula is C17H26N4S. The molecule has 22 heavy (non-hydrogen) atoms. The maximum Gasteiger partial charge on any atom is 0.0945 e. The molecule has 1 saturated heterocycles. The fraction of sp³-hybridized carbons (Fsp3) is 0.588. The normalized spacial score (nSPS) is 17.4. The van der Waals surface area contributed by atoms with Gasteiger partial charge in [0.1, 0.15) is 0 Å². The smallest absolute Gasteiger partial charge is 0.0945 e. The van der Waals surface area contributed by atoms with Crippen molar-refractivity contribution in [1.82, 2.24) is 19.4 Å². The summed E-state index contributed by atoms with van der Waals surface area (Å²) in [5.41, 5.74) is 1.44. The van der Waals surface area contributed by atoms with E-state index in [1.807, 2.05) is 23.9 Å². The minimum Gasteiger partial charge on any atom is -0.337 e. The van der Waals surface area contributed by atoms with Gasteiger partial charge in [-0.2, -0.15) is 0 Å². The highest BCUT2D eigenvalue weighted by molar-refractivity contribution is 7.10. The molecule has 0 radical (unpaired) electrons. The lowest BCUT2D eigenvalue weighted by Gasteiger charge is -2.31. The van der Waals surface area contributed by atoms with E-state index in [4.69, 9.17) is 0 Å². The van der Waals surface area contributed by atoms with Gasteiger partial charge in [0.15, 0.2) is 0 Å². The van der Waals surface area contributed by atoms with Crippen molar-refractivity contribution in [2.75, 3.05) is 27.2 Å². The number of nitrogens with zero attached hydrogens (tertiary/aromatic N) is 4. The van der Waals surface area contributed by atoms with E-state index in [9.17, 15) is 0 Å². The molecule has 2 aromatic heterocycles. The van der Waals surface area contributed by atoms with Crippen LogP contribution in [0.4, 0.5) is 0 Å². The number of aromatic nitrogens is 2. The molecule has 0 unspecified atom stereocenters. The fourth-order valence-corrected chi connectivity index (χ4v) is 4.12. The third-order valence-corrected chi connectivity index (χ3v) is 5.29. The van der Waals surface area contributed by atoms with Crippen LogP contribution in [0, 0.1) is 5.92 Å². The van der Waals surface area contributed by atoms with Gasteiger partial charge < -0.3 is 9.47 Å². The van der Waals surface area contributed by atoms with Crippen molar-refractivity contribution < 1.29 is 0 Å². The summed E-state index contributed by atoms with van der Waals surface area (Å²) in [7, 11) is 4.25. The summed E-state index contributed by atoms with van der Waals surface area (Å²) in [6.45, 7) is 5.74. The number of piperidine rings is 1. The van der Waals surface area contributed by atoms with Gasteiger partial charge in [0, 0.05) is 36.9 Å². The molecule has 0 bridgehead atoms. The SMILES string of the molecule is CN(C)Cc1csc(CN2CCC(Cn3ccnc3)CC2)c1. The lowest BCUT2D eigenvalue weighted by molar-refractivity contribution is 0.168. The van der Waals surface area contributed by atoms with E-state index < -0.39 is 0 Å². The van der Waals surface area contributed by atoms with Gasteiger partial charge in [-0.1, -0.05) is 0 Å². The number of hydrogen-bond acceptors (Lipinski definition) is 4. The molecule has 0 amide bonds. The Morgan fingerprint density at radius 3 is 2.82 bits per heavy atom. The Balaban J connectivity index is 1.44. The minimum atomic E-state index is 0.804. The Morgan fingerprint density at radius 2 is 2.14 bits per heavy atom. The van der Waals surface area contributed by atoms with Crippen molar-refractivity contribution in [1.29, 1.82) is 0 Å². The second kappa shape index (κ2) is 7.40. The van der Waals surface area contributed by atoms with Crippen LogP contribution >= 0.6 is 11.3 Å². The van der Waals surface area contributed by atoms with Gasteiger partial charge in [0.05, 0.1) is 6.33 Å². The summed E-state index contributed by atoms with van der Waals surface area (Å²) in [5, 5.41) is 2.31. The Bertz CT molecular complexity index is 553. The Hall–Kier alpha value is -1.17. The summed E-state index contributed by atoms with van der Waals surface area (Å²) in [6.07, 6.45) is 8.48. The van der Waals surface area contributed by atoms with Crippen LogP contribution in [0.25, 0.3) is 0 Å². The molecule has 0 N–H and O–H groups in total. The van der Waals surface area contributed by atoms with Gasteiger partial charge in [-0.25, -0.2) is 4.98 Å². The highest BCUT2D eigenvalue weighted by Crippen LogP contribution is 2.23. The van der Waals surface area contributed by atoms with Gasteiger partial charge in [0.25, 0.3) is 0 Å². The molecule has 0 aliphatic carbocycles. The van der Waals surface area contributed by atoms with Crippen molar-refractivity contribution in [3.05, 3.63) is 40.6 Å². The maximum absolute atomic E-state index is 4.13. The van der Waals surface area contributed by atoms with Gasteiger partial charge in [-0.3, -0.25) is 4.90 Å². The standard InChI is InChI=1S/C17H26N4S/c1-19(2)10-16-9-17(22-13-16)12-20-6-3-15(4-7-20)11-21-8-5-18-14-21/h5,8-9,13-15H,3-4,6-7,10-12H2,1-2H3. The zero-order valence-electron chi connectivity index (χ0n) is 13.6. The van der Waals surface area contributed by atoms with E-state index in [0.717, 1.165) is 25.6 Å². The van der Waals surface area contributed by atoms with Crippen molar-refractivity contribution >= 4 is 11.3 Å². The van der Waals surface area contributed by atoms with Crippen LogP contribution in [0.3, 0.4) is 0 Å². The van der Waals surface area contributed by atoms with Crippen LogP contribution < -0.4 is 0 Å². The number of imidazole rings is 1. The first-order valence-electron chi connectivity index (χ1n) is 8.08. The topological polar surface area (TPSA) is 24.3 Å². The molecule has 1 aliphatic rings. The summed E-state index contributed by atoms with van der Waals surface area (Å²) >= 11 is 1.91. The fourth-order valence-electron chi connectivity index (χ4n) is 3.20. The Kier molecular flexibility index (Phi) is 5.28. The van der Waals surface area contributed by atoms with E-state index in [2.05, 4.69) is 51.1 Å². The van der Waals surface area contributed by atoms with Gasteiger partial charge >= 0.3 is 0 Å². The van der Waals surface area contributed by atoms with Gasteiger partial charge in [0.2, 0.25) is 0 Å². The molecule has 0 saturated carbocycles. The quantitative estimate of drug-likeness (QED) is 0.818. The largest absolute Gasteiger partial charge is 0.337 e. The van der Waals surface area contributed by atoms with E-state index in [1.165, 1.54) is 36.4 Å². The van der Waals surface area contributed by atoms with Crippen LogP contribution in [0.2, 0.25) is 0 Å². The van der Waals surface area contributed by atoms with Crippen LogP contribution in [0.1, 0.15) is 23.3 Å². The van der Waals surface area contributed by atoms with Crippen LogP contribution in [0.5, 0.6) is 0 Å². The molecule has 2 aromatic rings. The summed E-state index contributed by atoms with van der Waals surface area (Å²) < 4.78 is 2.22. The predicted molar refractivity (Wildman–Crippen MR) is 91.9 cm³/mol. The van der Waals surface area contributed by atoms with Crippen molar-refractivity contribution in [2.24, 2.45) is 5.92 Å². The van der Waals surface area contributed by atoms with Crippen molar-refractivity contribution in [3.8, 4) is 0 Å². The second-order valence-corrected chi connectivity index (χ2v) is 7.63. The Morgan fingerprint density at radius 1 is 1.32 bits per heavy atom. The second-order valence-electron chi connectivity index (χ2n) is 6.64. The lowest BCUT2D eigenvalue weighted by atomic mass is 9.96. The average Bonchev–Trinajstić information content (AvgIpc) is 3.13. The van der Waals surface area contributed by atoms with E-state index in [1.54, 1.807) is 0 Å². The zero-order chi connectivity index (χ0) is 15.4. The van der Waals surface area contributed by atoms with Gasteiger partial charge in [-0.05, 0) is 63.0 Å². The molecule has 0 aromatic carbocycles. The number of thiophene rings is 1. The van der Waals surface area contributed by atoms with E-state index in [0.29, 0.717) is 0 Å². The molecule has 3 heterocycles. The predicted octanol–water partition coefficient (Wildman–Crippen LogP) is 2.92. The molecule has 0 spiro atoms. The molecular weight excluding hydrogens is 292 g/mol. The highest BCUT2D eigenvalue weighted by atomic mass is 32.1. The third kappa shape index (κ3) is 4.41. The highest BCUT2D eigenvalue weighted by Gasteiger charge is 2.19.